The molecule has 0 N–H and O–H groups in total. The molecule has 16 heavy (non-hydrogen) atoms. The van der Waals surface area contributed by atoms with Gasteiger partial charge >= 0.3 is 0 Å². The molecule has 2 bridgehead atoms. The van der Waals surface area contributed by atoms with Crippen LogP contribution in [0.2, 0.25) is 0 Å². The highest BCUT2D eigenvalue weighted by atomic mass is 16.7. The number of ether oxygens (including phenoxy) is 1. The fraction of sp³-hybridized carbons (Fsp3) is 0.455. The molecule has 0 aliphatic carbocycles. The Balaban J connectivity index is 1.86. The number of carbonyl (C=O) groups excluding carboxylic acids is 2. The van der Waals surface area contributed by atoms with Crippen LogP contribution in [-0.4, -0.2) is 35.7 Å². The van der Waals surface area contributed by atoms with Crippen LogP contribution >= 0.6 is 0 Å². The Morgan fingerprint density at radius 1 is 1.31 bits per heavy atom. The molecule has 0 spiro atoms. The van der Waals surface area contributed by atoms with Crippen molar-refractivity contribution in [1.29, 1.82) is 0 Å². The average Bonchev–Trinajstić information content (AvgIpc) is 2.92. The zero-order valence-corrected chi connectivity index (χ0v) is 8.54. The summed E-state index contributed by atoms with van der Waals surface area (Å²) in [6.45, 7) is 3.63. The van der Waals surface area contributed by atoms with Crippen LogP contribution in [0.1, 0.15) is 0 Å². The first-order chi connectivity index (χ1) is 7.74. The van der Waals surface area contributed by atoms with E-state index in [9.17, 15) is 9.59 Å². The van der Waals surface area contributed by atoms with E-state index in [4.69, 9.17) is 9.57 Å². The molecule has 4 atom stereocenters. The minimum Gasteiger partial charge on any atom is -0.365 e. The lowest BCUT2D eigenvalue weighted by Gasteiger charge is -2.15. The van der Waals surface area contributed by atoms with Gasteiger partial charge < -0.3 is 4.74 Å². The maximum Gasteiger partial charge on any atom is 0.260 e. The van der Waals surface area contributed by atoms with Crippen molar-refractivity contribution in [3.8, 4) is 0 Å². The van der Waals surface area contributed by atoms with E-state index < -0.39 is 11.8 Å². The first kappa shape index (κ1) is 9.74. The normalized spacial score (nSPS) is 39.6. The van der Waals surface area contributed by atoms with Gasteiger partial charge in [-0.25, -0.2) is 0 Å². The quantitative estimate of drug-likeness (QED) is 0.499. The van der Waals surface area contributed by atoms with E-state index in [2.05, 4.69) is 6.58 Å². The molecular weight excluding hydrogens is 210 g/mol. The summed E-state index contributed by atoms with van der Waals surface area (Å²) in [5.74, 6) is -1.39. The van der Waals surface area contributed by atoms with Crippen LogP contribution in [0, 0.1) is 11.8 Å². The molecule has 0 aromatic carbocycles. The van der Waals surface area contributed by atoms with Gasteiger partial charge in [0.25, 0.3) is 11.8 Å². The largest absolute Gasteiger partial charge is 0.365 e. The molecule has 2 amide bonds. The van der Waals surface area contributed by atoms with Crippen molar-refractivity contribution in [1.82, 2.24) is 5.06 Å². The molecule has 2 saturated heterocycles. The fourth-order valence-corrected chi connectivity index (χ4v) is 2.53. The van der Waals surface area contributed by atoms with Gasteiger partial charge in [-0.2, -0.15) is 5.06 Å². The van der Waals surface area contributed by atoms with Crippen LogP contribution in [0.3, 0.4) is 0 Å². The summed E-state index contributed by atoms with van der Waals surface area (Å²) in [6, 6.07) is 0. The topological polar surface area (TPSA) is 55.8 Å². The van der Waals surface area contributed by atoms with Crippen molar-refractivity contribution in [3.05, 3.63) is 24.8 Å². The predicted molar refractivity (Wildman–Crippen MR) is 52.8 cm³/mol. The number of hydrogen-bond donors (Lipinski definition) is 0. The monoisotopic (exact) mass is 221 g/mol. The van der Waals surface area contributed by atoms with Gasteiger partial charge in [0.2, 0.25) is 0 Å². The standard InChI is InChI=1S/C11H11NO4/c1-2-5-15-12-10(13)8-6-3-4-7(16-6)9(8)11(12)14/h2-4,6-9H,1,5H2/t6-,7-,8-,9-/m1/s1. The van der Waals surface area contributed by atoms with Crippen LogP contribution in [-0.2, 0) is 19.2 Å². The van der Waals surface area contributed by atoms with E-state index in [1.807, 2.05) is 12.2 Å². The van der Waals surface area contributed by atoms with E-state index >= 15 is 0 Å². The van der Waals surface area contributed by atoms with Crippen LogP contribution in [0.4, 0.5) is 0 Å². The van der Waals surface area contributed by atoms with Crippen molar-refractivity contribution >= 4 is 11.8 Å². The van der Waals surface area contributed by atoms with Crippen LogP contribution in [0.25, 0.3) is 0 Å². The summed E-state index contributed by atoms with van der Waals surface area (Å²) in [6.07, 6.45) is 4.66. The average molecular weight is 221 g/mol. The summed E-state index contributed by atoms with van der Waals surface area (Å²) < 4.78 is 5.48. The lowest BCUT2D eigenvalue weighted by atomic mass is 9.85. The van der Waals surface area contributed by atoms with Gasteiger partial charge in [-0.3, -0.25) is 14.4 Å². The third-order valence-corrected chi connectivity index (χ3v) is 3.19. The van der Waals surface area contributed by atoms with E-state index in [0.717, 1.165) is 5.06 Å². The highest BCUT2D eigenvalue weighted by Crippen LogP contribution is 2.44. The van der Waals surface area contributed by atoms with Crippen molar-refractivity contribution in [2.45, 2.75) is 12.2 Å². The lowest BCUT2D eigenvalue weighted by Crippen LogP contribution is -2.34. The Labute approximate surface area is 92.3 Å². The number of nitrogens with zero attached hydrogens (tertiary/aromatic N) is 1. The Morgan fingerprint density at radius 2 is 1.88 bits per heavy atom. The highest BCUT2D eigenvalue weighted by molar-refractivity contribution is 6.05. The Kier molecular flexibility index (Phi) is 1.99. The van der Waals surface area contributed by atoms with Gasteiger partial charge in [0.05, 0.1) is 30.7 Å². The van der Waals surface area contributed by atoms with Crippen LogP contribution in [0.15, 0.2) is 24.8 Å². The number of hydrogen-bond acceptors (Lipinski definition) is 4. The molecule has 3 heterocycles. The second-order valence-electron chi connectivity index (χ2n) is 4.06. The molecule has 5 heteroatoms. The Morgan fingerprint density at radius 3 is 2.38 bits per heavy atom. The second kappa shape index (κ2) is 3.26. The van der Waals surface area contributed by atoms with E-state index in [1.165, 1.54) is 6.08 Å². The van der Waals surface area contributed by atoms with Gasteiger partial charge in [-0.1, -0.05) is 18.2 Å². The molecule has 84 valence electrons. The summed E-state index contributed by atoms with van der Waals surface area (Å²) in [5, 5.41) is 0.868. The Bertz CT molecular complexity index is 373. The van der Waals surface area contributed by atoms with Crippen molar-refractivity contribution in [2.75, 3.05) is 6.61 Å². The zero-order valence-electron chi connectivity index (χ0n) is 8.54. The van der Waals surface area contributed by atoms with Gasteiger partial charge in [-0.15, -0.1) is 6.58 Å². The summed E-state index contributed by atoms with van der Waals surface area (Å²) in [7, 11) is 0. The molecule has 5 nitrogen and oxygen atoms in total. The third-order valence-electron chi connectivity index (χ3n) is 3.19. The molecule has 0 saturated carbocycles. The van der Waals surface area contributed by atoms with Gasteiger partial charge in [0, 0.05) is 0 Å². The minimum atomic E-state index is -0.396. The molecule has 0 aromatic rings. The molecule has 3 aliphatic rings. The Hall–Kier alpha value is -1.46. The van der Waals surface area contributed by atoms with E-state index in [-0.39, 0.29) is 30.6 Å². The molecular formula is C11H11NO4. The minimum absolute atomic E-state index is 0.153. The van der Waals surface area contributed by atoms with Gasteiger partial charge in [-0.05, 0) is 0 Å². The summed E-state index contributed by atoms with van der Waals surface area (Å²) in [5.41, 5.74) is 0. The van der Waals surface area contributed by atoms with Crippen molar-refractivity contribution in [3.63, 3.8) is 0 Å². The maximum absolute atomic E-state index is 11.9. The van der Waals surface area contributed by atoms with Crippen LogP contribution in [0.5, 0.6) is 0 Å². The number of imide groups is 1. The van der Waals surface area contributed by atoms with Gasteiger partial charge in [0.1, 0.15) is 0 Å². The molecule has 0 unspecified atom stereocenters. The third kappa shape index (κ3) is 1.07. The van der Waals surface area contributed by atoms with Crippen molar-refractivity contribution in [2.24, 2.45) is 11.8 Å². The molecule has 0 radical (unpaired) electrons. The number of amides is 2. The lowest BCUT2D eigenvalue weighted by molar-refractivity contribution is -0.188. The molecule has 3 rings (SSSR count). The second-order valence-corrected chi connectivity index (χ2v) is 4.06. The first-order valence-electron chi connectivity index (χ1n) is 5.19. The zero-order chi connectivity index (χ0) is 11.3. The predicted octanol–water partition coefficient (Wildman–Crippen LogP) is 0.0424. The fourth-order valence-electron chi connectivity index (χ4n) is 2.53. The maximum atomic E-state index is 11.9. The van der Waals surface area contributed by atoms with E-state index in [1.54, 1.807) is 0 Å². The van der Waals surface area contributed by atoms with Crippen molar-refractivity contribution < 1.29 is 19.2 Å². The number of fused-ring (bicyclic) bond motifs is 5. The van der Waals surface area contributed by atoms with E-state index in [0.29, 0.717) is 0 Å². The molecule has 0 aromatic heterocycles. The molecule has 2 fully saturated rings. The number of carbonyl (C=O) groups is 2. The SMILES string of the molecule is C=CCON1C(=O)[C@H]2[C@H](C1=O)[C@H]1C=C[C@H]2O1. The van der Waals surface area contributed by atoms with Crippen LogP contribution < -0.4 is 0 Å². The first-order valence-corrected chi connectivity index (χ1v) is 5.19. The summed E-state index contributed by atoms with van der Waals surface area (Å²) >= 11 is 0. The molecule has 3 aliphatic heterocycles. The van der Waals surface area contributed by atoms with Gasteiger partial charge in [0.15, 0.2) is 0 Å². The smallest absolute Gasteiger partial charge is 0.260 e. The highest BCUT2D eigenvalue weighted by Gasteiger charge is 2.61. The number of hydroxylamine groups is 2. The summed E-state index contributed by atoms with van der Waals surface area (Å²) in [4.78, 5) is 28.9. The number of rotatable bonds is 3.